The van der Waals surface area contributed by atoms with E-state index in [2.05, 4.69) is 5.32 Å². The highest BCUT2D eigenvalue weighted by Crippen LogP contribution is 2.30. The fourth-order valence-corrected chi connectivity index (χ4v) is 2.50. The second kappa shape index (κ2) is 9.50. The van der Waals surface area contributed by atoms with Gasteiger partial charge in [0.1, 0.15) is 23.0 Å². The van der Waals surface area contributed by atoms with E-state index in [4.69, 9.17) is 23.7 Å². The monoisotopic (exact) mass is 389 g/mol. The highest BCUT2D eigenvalue weighted by Gasteiger charge is 2.16. The van der Waals surface area contributed by atoms with E-state index < -0.39 is 18.5 Å². The van der Waals surface area contributed by atoms with Crippen LogP contribution in [0.15, 0.2) is 30.3 Å². The Morgan fingerprint density at radius 2 is 1.36 bits per heavy atom. The van der Waals surface area contributed by atoms with E-state index in [0.717, 1.165) is 5.56 Å². The van der Waals surface area contributed by atoms with E-state index in [-0.39, 0.29) is 5.56 Å². The van der Waals surface area contributed by atoms with E-state index >= 15 is 0 Å². The average molecular weight is 389 g/mol. The molecular formula is C20H23NO7. The summed E-state index contributed by atoms with van der Waals surface area (Å²) in [6, 6.07) is 7.99. The number of carbonyl (C=O) groups excluding carboxylic acids is 2. The Balaban J connectivity index is 2.04. The molecule has 0 bridgehead atoms. The first-order valence-electron chi connectivity index (χ1n) is 8.34. The van der Waals surface area contributed by atoms with Crippen molar-refractivity contribution >= 4 is 17.6 Å². The fraction of sp³-hybridized carbons (Fsp3) is 0.300. The van der Waals surface area contributed by atoms with Gasteiger partial charge in [0.15, 0.2) is 6.61 Å². The molecule has 8 nitrogen and oxygen atoms in total. The topological polar surface area (TPSA) is 92.3 Å². The number of rotatable bonds is 8. The number of amides is 1. The minimum absolute atomic E-state index is 0.218. The van der Waals surface area contributed by atoms with E-state index in [1.807, 2.05) is 6.92 Å². The maximum Gasteiger partial charge on any atom is 0.338 e. The van der Waals surface area contributed by atoms with Gasteiger partial charge in [-0.1, -0.05) is 0 Å². The predicted octanol–water partition coefficient (Wildman–Crippen LogP) is 2.82. The molecule has 0 atom stereocenters. The normalized spacial score (nSPS) is 10.0. The molecule has 0 aromatic heterocycles. The summed E-state index contributed by atoms with van der Waals surface area (Å²) >= 11 is 0. The third-order valence-corrected chi connectivity index (χ3v) is 3.96. The highest BCUT2D eigenvalue weighted by molar-refractivity contribution is 5.96. The standard InChI is InChI=1S/C20H23NO7/c1-12-17(26-4)6-13(7-18(12)27-5)20(23)28-11-19(22)21-14-8-15(24-2)10-16(9-14)25-3/h6-10H,11H2,1-5H3,(H,21,22). The number of esters is 1. The third kappa shape index (κ3) is 5.06. The van der Waals surface area contributed by atoms with Crippen molar-refractivity contribution in [3.63, 3.8) is 0 Å². The van der Waals surface area contributed by atoms with Gasteiger partial charge in [0.2, 0.25) is 0 Å². The lowest BCUT2D eigenvalue weighted by atomic mass is 10.1. The highest BCUT2D eigenvalue weighted by atomic mass is 16.5. The number of anilines is 1. The Hall–Kier alpha value is -3.42. The van der Waals surface area contributed by atoms with Gasteiger partial charge < -0.3 is 29.0 Å². The van der Waals surface area contributed by atoms with Crippen LogP contribution in [0.2, 0.25) is 0 Å². The van der Waals surface area contributed by atoms with E-state index in [1.54, 1.807) is 18.2 Å². The Labute approximate surface area is 163 Å². The zero-order valence-electron chi connectivity index (χ0n) is 16.5. The average Bonchev–Trinajstić information content (AvgIpc) is 2.71. The smallest absolute Gasteiger partial charge is 0.338 e. The van der Waals surface area contributed by atoms with Gasteiger partial charge in [0.25, 0.3) is 5.91 Å². The van der Waals surface area contributed by atoms with Crippen molar-refractivity contribution in [2.45, 2.75) is 6.92 Å². The molecule has 2 aromatic carbocycles. The lowest BCUT2D eigenvalue weighted by molar-refractivity contribution is -0.119. The number of nitrogens with one attached hydrogen (secondary N) is 1. The van der Waals surface area contributed by atoms with Crippen molar-refractivity contribution < 1.29 is 33.3 Å². The molecule has 0 unspecified atom stereocenters. The molecule has 8 heteroatoms. The molecule has 0 heterocycles. The predicted molar refractivity (Wildman–Crippen MR) is 103 cm³/mol. The zero-order valence-corrected chi connectivity index (χ0v) is 16.5. The Morgan fingerprint density at radius 3 is 1.82 bits per heavy atom. The van der Waals surface area contributed by atoms with Crippen LogP contribution in [0, 0.1) is 6.92 Å². The molecule has 0 radical (unpaired) electrons. The molecule has 0 fully saturated rings. The van der Waals surface area contributed by atoms with E-state index in [9.17, 15) is 9.59 Å². The summed E-state index contributed by atoms with van der Waals surface area (Å²) in [6.07, 6.45) is 0. The van der Waals surface area contributed by atoms with Crippen molar-refractivity contribution in [3.05, 3.63) is 41.5 Å². The largest absolute Gasteiger partial charge is 0.497 e. The van der Waals surface area contributed by atoms with Crippen LogP contribution in [0.3, 0.4) is 0 Å². The van der Waals surface area contributed by atoms with Gasteiger partial charge in [-0.05, 0) is 19.1 Å². The summed E-state index contributed by atoms with van der Waals surface area (Å²) in [5, 5.41) is 2.63. The van der Waals surface area contributed by atoms with Crippen molar-refractivity contribution in [1.82, 2.24) is 0 Å². The van der Waals surface area contributed by atoms with Gasteiger partial charge in [-0.3, -0.25) is 4.79 Å². The number of benzene rings is 2. The first-order chi connectivity index (χ1) is 13.4. The SMILES string of the molecule is COc1cc(NC(=O)COC(=O)c2cc(OC)c(C)c(OC)c2)cc(OC)c1. The summed E-state index contributed by atoms with van der Waals surface area (Å²) < 4.78 is 25.9. The third-order valence-electron chi connectivity index (χ3n) is 3.96. The van der Waals surface area contributed by atoms with Gasteiger partial charge in [0.05, 0.1) is 34.0 Å². The van der Waals surface area contributed by atoms with Crippen LogP contribution in [0.5, 0.6) is 23.0 Å². The molecule has 1 N–H and O–H groups in total. The molecule has 0 saturated carbocycles. The first-order valence-corrected chi connectivity index (χ1v) is 8.34. The molecule has 2 rings (SSSR count). The van der Waals surface area contributed by atoms with E-state index in [0.29, 0.717) is 28.7 Å². The molecule has 2 aromatic rings. The zero-order chi connectivity index (χ0) is 20.7. The van der Waals surface area contributed by atoms with Crippen molar-refractivity contribution in [1.29, 1.82) is 0 Å². The minimum atomic E-state index is -0.671. The Kier molecular flexibility index (Phi) is 7.08. The van der Waals surface area contributed by atoms with Crippen molar-refractivity contribution in [2.24, 2.45) is 0 Å². The van der Waals surface area contributed by atoms with Crippen LogP contribution in [-0.2, 0) is 9.53 Å². The fourth-order valence-electron chi connectivity index (χ4n) is 2.50. The van der Waals surface area contributed by atoms with Crippen LogP contribution in [0.25, 0.3) is 0 Å². The summed E-state index contributed by atoms with van der Waals surface area (Å²) in [6.45, 7) is 1.35. The molecule has 1 amide bonds. The van der Waals surface area contributed by atoms with Crippen molar-refractivity contribution in [3.8, 4) is 23.0 Å². The number of ether oxygens (including phenoxy) is 5. The molecular weight excluding hydrogens is 366 g/mol. The van der Waals surface area contributed by atoms with Crippen LogP contribution in [0.4, 0.5) is 5.69 Å². The van der Waals surface area contributed by atoms with Crippen LogP contribution in [-0.4, -0.2) is 46.9 Å². The maximum absolute atomic E-state index is 12.3. The van der Waals surface area contributed by atoms with Gasteiger partial charge >= 0.3 is 5.97 Å². The van der Waals surface area contributed by atoms with Gasteiger partial charge in [-0.2, -0.15) is 0 Å². The maximum atomic E-state index is 12.3. The molecule has 0 aliphatic heterocycles. The first kappa shape index (κ1) is 20.9. The molecule has 0 saturated heterocycles. The quantitative estimate of drug-likeness (QED) is 0.694. The molecule has 0 spiro atoms. The molecule has 28 heavy (non-hydrogen) atoms. The molecule has 0 aliphatic carbocycles. The Morgan fingerprint density at radius 1 is 0.821 bits per heavy atom. The number of methoxy groups -OCH3 is 4. The summed E-state index contributed by atoms with van der Waals surface area (Å²) in [5.41, 5.74) is 1.43. The van der Waals surface area contributed by atoms with Gasteiger partial charge in [-0.25, -0.2) is 4.79 Å². The Bertz CT molecular complexity index is 816. The van der Waals surface area contributed by atoms with Crippen LogP contribution in [0.1, 0.15) is 15.9 Å². The molecule has 150 valence electrons. The van der Waals surface area contributed by atoms with Crippen molar-refractivity contribution in [2.75, 3.05) is 40.4 Å². The summed E-state index contributed by atoms with van der Waals surface area (Å²) in [4.78, 5) is 24.4. The number of hydrogen-bond acceptors (Lipinski definition) is 7. The second-order valence-electron chi connectivity index (χ2n) is 5.73. The van der Waals surface area contributed by atoms with Crippen LogP contribution < -0.4 is 24.3 Å². The number of carbonyl (C=O) groups is 2. The van der Waals surface area contributed by atoms with E-state index in [1.165, 1.54) is 40.6 Å². The van der Waals surface area contributed by atoms with Gasteiger partial charge in [0, 0.05) is 29.4 Å². The summed E-state index contributed by atoms with van der Waals surface area (Å²) in [5.74, 6) is 0.833. The summed E-state index contributed by atoms with van der Waals surface area (Å²) in [7, 11) is 6.00. The lowest BCUT2D eigenvalue weighted by Gasteiger charge is -2.13. The second-order valence-corrected chi connectivity index (χ2v) is 5.73. The number of hydrogen-bond donors (Lipinski definition) is 1. The van der Waals surface area contributed by atoms with Gasteiger partial charge in [-0.15, -0.1) is 0 Å². The minimum Gasteiger partial charge on any atom is -0.497 e. The lowest BCUT2D eigenvalue weighted by Crippen LogP contribution is -2.21. The molecule has 0 aliphatic rings. The van der Waals surface area contributed by atoms with Crippen LogP contribution >= 0.6 is 0 Å².